The quantitative estimate of drug-likeness (QED) is 0.180. The molecule has 2 aliphatic carbocycles. The fraction of sp³-hybridized carbons (Fsp3) is 0.343. The summed E-state index contributed by atoms with van der Waals surface area (Å²) in [5.74, 6) is -3.75. The summed E-state index contributed by atoms with van der Waals surface area (Å²) in [6, 6.07) is 9.01. The summed E-state index contributed by atoms with van der Waals surface area (Å²) < 4.78 is 10.5. The number of ether oxygens (including phenoxy) is 2. The van der Waals surface area contributed by atoms with Crippen LogP contribution in [0.1, 0.15) is 36.3 Å². The third-order valence-corrected chi connectivity index (χ3v) is 9.55. The summed E-state index contributed by atoms with van der Waals surface area (Å²) >= 11 is 0. The van der Waals surface area contributed by atoms with E-state index in [9.17, 15) is 29.7 Å². The van der Waals surface area contributed by atoms with Crippen molar-refractivity contribution in [3.05, 3.63) is 89.7 Å². The molecule has 0 aromatic heterocycles. The molecule has 5 atom stereocenters. The maximum atomic E-state index is 14.5. The van der Waals surface area contributed by atoms with Gasteiger partial charge in [-0.25, -0.2) is 0 Å². The Bertz CT molecular complexity index is 1600. The number of hydrogen-bond acceptors (Lipinski definition) is 9. The Morgan fingerprint density at radius 1 is 0.932 bits per heavy atom. The second-order valence-corrected chi connectivity index (χ2v) is 11.7. The van der Waals surface area contributed by atoms with E-state index in [-0.39, 0.29) is 40.3 Å². The van der Waals surface area contributed by atoms with Crippen molar-refractivity contribution in [2.24, 2.45) is 17.8 Å². The summed E-state index contributed by atoms with van der Waals surface area (Å²) in [4.78, 5) is 45.3. The predicted molar refractivity (Wildman–Crippen MR) is 163 cm³/mol. The van der Waals surface area contributed by atoms with Gasteiger partial charge in [0.05, 0.1) is 26.1 Å². The number of phenols is 2. The lowest BCUT2D eigenvalue weighted by Gasteiger charge is -2.41. The van der Waals surface area contributed by atoms with E-state index < -0.39 is 41.0 Å². The van der Waals surface area contributed by atoms with Gasteiger partial charge in [-0.2, -0.15) is 0 Å². The molecule has 6 rings (SSSR count). The molecule has 1 saturated carbocycles. The van der Waals surface area contributed by atoms with Crippen molar-refractivity contribution >= 4 is 23.4 Å². The van der Waals surface area contributed by atoms with Crippen LogP contribution in [0.4, 0.5) is 0 Å². The van der Waals surface area contributed by atoms with E-state index in [0.717, 1.165) is 18.9 Å². The van der Waals surface area contributed by atoms with Gasteiger partial charge in [-0.05, 0) is 60.9 Å². The normalized spacial score (nSPS) is 29.8. The molecule has 2 saturated heterocycles. The summed E-state index contributed by atoms with van der Waals surface area (Å²) in [5, 5.41) is 31.1. The van der Waals surface area contributed by atoms with Gasteiger partial charge >= 0.3 is 0 Å². The molecular weight excluding hydrogens is 562 g/mol. The number of allylic oxidation sites excluding steroid dienone is 6. The lowest BCUT2D eigenvalue weighted by Crippen LogP contribution is -2.59. The van der Waals surface area contributed by atoms with E-state index in [1.54, 1.807) is 54.6 Å². The van der Waals surface area contributed by atoms with Crippen LogP contribution in [0.2, 0.25) is 0 Å². The van der Waals surface area contributed by atoms with Gasteiger partial charge in [-0.1, -0.05) is 48.9 Å². The summed E-state index contributed by atoms with van der Waals surface area (Å²) in [7, 11) is 2.85. The van der Waals surface area contributed by atoms with E-state index in [1.165, 1.54) is 32.4 Å². The maximum absolute atomic E-state index is 14.5. The molecule has 9 nitrogen and oxygen atoms in total. The van der Waals surface area contributed by atoms with Crippen LogP contribution < -0.4 is 9.47 Å². The zero-order valence-electron chi connectivity index (χ0n) is 24.6. The number of nitrogens with zero attached hydrogens (tertiary/aromatic N) is 1. The summed E-state index contributed by atoms with van der Waals surface area (Å²) in [6.07, 6.45) is 13.5. The number of aliphatic hydroxyl groups excluding tert-OH is 1. The monoisotopic (exact) mass is 597 g/mol. The number of aliphatic hydroxyl groups is 1. The fourth-order valence-electron chi connectivity index (χ4n) is 7.72. The van der Waals surface area contributed by atoms with Gasteiger partial charge < -0.3 is 24.8 Å². The molecule has 2 aromatic carbocycles. The highest BCUT2D eigenvalue weighted by Crippen LogP contribution is 2.59. The number of carbonyl (C=O) groups excluding carboxylic acids is 3. The number of hydrogen-bond donors (Lipinski definition) is 3. The molecule has 0 radical (unpaired) electrons. The first kappa shape index (κ1) is 29.4. The molecule has 3 fully saturated rings. The van der Waals surface area contributed by atoms with Crippen molar-refractivity contribution < 1.29 is 39.2 Å². The molecule has 3 N–H and O–H groups in total. The van der Waals surface area contributed by atoms with Crippen LogP contribution in [0.25, 0.3) is 6.08 Å². The molecule has 1 spiro atoms. The minimum Gasteiger partial charge on any atom is -0.508 e. The second-order valence-electron chi connectivity index (χ2n) is 11.7. The zero-order chi connectivity index (χ0) is 31.2. The molecule has 0 amide bonds. The van der Waals surface area contributed by atoms with Crippen molar-refractivity contribution in [2.75, 3.05) is 20.8 Å². The zero-order valence-corrected chi connectivity index (χ0v) is 24.6. The number of Topliss-reactive ketones (excluding diaryl/α,β-unsaturated/α-hetero) is 2. The average Bonchev–Trinajstić information content (AvgIpc) is 3.47. The lowest BCUT2D eigenvalue weighted by atomic mass is 9.70. The topological polar surface area (TPSA) is 134 Å². The Hall–Kier alpha value is -4.63. The largest absolute Gasteiger partial charge is 0.508 e. The highest BCUT2D eigenvalue weighted by atomic mass is 16.5. The molecule has 0 bridgehead atoms. The number of methoxy groups -OCH3 is 2. The summed E-state index contributed by atoms with van der Waals surface area (Å²) in [6.45, 7) is 0.489. The third-order valence-electron chi connectivity index (χ3n) is 9.55. The van der Waals surface area contributed by atoms with Gasteiger partial charge in [0.25, 0.3) is 0 Å². The van der Waals surface area contributed by atoms with Crippen molar-refractivity contribution in [3.63, 3.8) is 0 Å². The molecule has 44 heavy (non-hydrogen) atoms. The number of benzene rings is 2. The predicted octanol–water partition coefficient (Wildman–Crippen LogP) is 4.66. The lowest BCUT2D eigenvalue weighted by molar-refractivity contribution is -0.139. The number of ketones is 3. The van der Waals surface area contributed by atoms with Crippen molar-refractivity contribution in [1.29, 1.82) is 0 Å². The van der Waals surface area contributed by atoms with Gasteiger partial charge in [0, 0.05) is 24.0 Å². The van der Waals surface area contributed by atoms with Crippen molar-refractivity contribution in [3.8, 4) is 23.0 Å². The molecule has 2 aromatic rings. The minimum atomic E-state index is -1.58. The van der Waals surface area contributed by atoms with E-state index in [0.29, 0.717) is 24.1 Å². The first-order chi connectivity index (χ1) is 21.2. The van der Waals surface area contributed by atoms with Crippen molar-refractivity contribution in [1.82, 2.24) is 4.90 Å². The number of phenolic OH excluding ortho intramolecular Hbond substituents is 2. The molecule has 228 valence electrons. The summed E-state index contributed by atoms with van der Waals surface area (Å²) in [5.41, 5.74) is -0.408. The van der Waals surface area contributed by atoms with Crippen LogP contribution >= 0.6 is 0 Å². The molecule has 2 aliphatic heterocycles. The first-order valence-corrected chi connectivity index (χ1v) is 14.8. The van der Waals surface area contributed by atoms with Crippen LogP contribution in [0.5, 0.6) is 23.0 Å². The number of fused-ring (bicyclic) bond motifs is 3. The average molecular weight is 598 g/mol. The van der Waals surface area contributed by atoms with Crippen LogP contribution in [-0.4, -0.2) is 69.9 Å². The van der Waals surface area contributed by atoms with Crippen LogP contribution in [0.3, 0.4) is 0 Å². The molecule has 5 unspecified atom stereocenters. The Balaban J connectivity index is 1.46. The number of rotatable bonds is 7. The minimum absolute atomic E-state index is 0.0227. The molecule has 9 heteroatoms. The standard InChI is InChI=1S/C35H35NO8/c1-43-29-17-20(11-14-26(29)38)10-13-22(37)19-28(40)31-25-9-5-6-16-36(25)35(32(31)21-12-15-27(39)30(18-21)44-2)33(41)23-7-3-4-8-24(23)34(35)42/h3-4,7-8,10-15,17-19,23-25,31-32,37-39H,5-6,9,16H2,1-2H3/b13-10+,22-19-. The maximum Gasteiger partial charge on any atom is 0.169 e. The Morgan fingerprint density at radius 2 is 1.57 bits per heavy atom. The highest BCUT2D eigenvalue weighted by molar-refractivity contribution is 6.23. The fourth-order valence-corrected chi connectivity index (χ4v) is 7.72. The number of piperidine rings is 1. The SMILES string of the molecule is COc1cc(/C=C/C(O)=C/C(=O)C2C3CCCCN3C3(C(=O)C4C=CC=CC4C3=O)C2c2ccc(O)c(OC)c2)ccc1O. The third kappa shape index (κ3) is 4.54. The Kier molecular flexibility index (Phi) is 7.67. The Labute approximate surface area is 255 Å². The van der Waals surface area contributed by atoms with Gasteiger partial charge in [0.1, 0.15) is 11.3 Å². The molecule has 4 aliphatic rings. The second kappa shape index (κ2) is 11.5. The molecular formula is C35H35NO8. The van der Waals surface area contributed by atoms with E-state index >= 15 is 0 Å². The first-order valence-electron chi connectivity index (χ1n) is 14.8. The van der Waals surface area contributed by atoms with Gasteiger partial charge in [-0.15, -0.1) is 0 Å². The highest BCUT2D eigenvalue weighted by Gasteiger charge is 2.73. The number of carbonyl (C=O) groups is 3. The van der Waals surface area contributed by atoms with E-state index in [1.807, 2.05) is 4.90 Å². The van der Waals surface area contributed by atoms with E-state index in [2.05, 4.69) is 0 Å². The Morgan fingerprint density at radius 3 is 2.23 bits per heavy atom. The van der Waals surface area contributed by atoms with E-state index in [4.69, 9.17) is 9.47 Å². The van der Waals surface area contributed by atoms with Crippen molar-refractivity contribution in [2.45, 2.75) is 36.8 Å². The smallest absolute Gasteiger partial charge is 0.169 e. The van der Waals surface area contributed by atoms with Crippen LogP contribution in [-0.2, 0) is 14.4 Å². The van der Waals surface area contributed by atoms with Crippen LogP contribution in [0, 0.1) is 17.8 Å². The van der Waals surface area contributed by atoms with Gasteiger partial charge in [0.15, 0.2) is 40.3 Å². The van der Waals surface area contributed by atoms with Gasteiger partial charge in [0.2, 0.25) is 0 Å². The van der Waals surface area contributed by atoms with Gasteiger partial charge in [-0.3, -0.25) is 19.3 Å². The number of aromatic hydroxyl groups is 2. The molecule has 2 heterocycles. The van der Waals surface area contributed by atoms with Crippen LogP contribution in [0.15, 0.2) is 78.6 Å².